The Bertz CT molecular complexity index is 740. The van der Waals surface area contributed by atoms with Crippen LogP contribution in [-0.2, 0) is 36.0 Å². The first-order valence-electron chi connectivity index (χ1n) is 10.5. The fourth-order valence-corrected chi connectivity index (χ4v) is 5.30. The fourth-order valence-electron chi connectivity index (χ4n) is 5.30. The number of cyclic esters (lactones) is 1. The van der Waals surface area contributed by atoms with Crippen molar-refractivity contribution in [2.24, 2.45) is 5.92 Å². The van der Waals surface area contributed by atoms with Gasteiger partial charge in [0.05, 0.1) is 13.2 Å². The highest BCUT2D eigenvalue weighted by atomic mass is 16.7. The van der Waals surface area contributed by atoms with E-state index < -0.39 is 11.4 Å². The number of carbonyl (C=O) groups excluding carboxylic acids is 2. The topological polar surface area (TPSA) is 61.8 Å². The molecule has 3 fully saturated rings. The van der Waals surface area contributed by atoms with Crippen LogP contribution in [-0.4, -0.2) is 30.6 Å². The van der Waals surface area contributed by atoms with Crippen molar-refractivity contribution in [3.63, 3.8) is 0 Å². The minimum absolute atomic E-state index is 0.0261. The van der Waals surface area contributed by atoms with Gasteiger partial charge in [0.15, 0.2) is 5.79 Å². The first-order chi connectivity index (χ1) is 13.4. The number of hydrogen-bond acceptors (Lipinski definition) is 5. The predicted octanol–water partition coefficient (Wildman–Crippen LogP) is 3.98. The SMILES string of the molecule is Cc1cc(CCC2(C3CCCC3)CC(=O)CC(=O)O2)ccc1C1(C)OCCO1. The molecule has 1 aromatic carbocycles. The summed E-state index contributed by atoms with van der Waals surface area (Å²) in [4.78, 5) is 24.3. The standard InChI is InChI=1S/C23H30O5/c1-16-13-17(7-8-20(16)22(2)26-11-12-27-22)9-10-23(18-5-3-4-6-18)15-19(24)14-21(25)28-23/h7-8,13,18H,3-6,9-12,14-15H2,1-2H3. The van der Waals surface area contributed by atoms with Gasteiger partial charge in [-0.15, -0.1) is 0 Å². The molecule has 2 saturated heterocycles. The molecule has 3 aliphatic rings. The van der Waals surface area contributed by atoms with Crippen LogP contribution in [0.2, 0.25) is 0 Å². The first-order valence-corrected chi connectivity index (χ1v) is 10.5. The molecule has 152 valence electrons. The quantitative estimate of drug-likeness (QED) is 0.566. The number of benzene rings is 1. The van der Waals surface area contributed by atoms with Crippen molar-refractivity contribution in [3.05, 3.63) is 34.9 Å². The summed E-state index contributed by atoms with van der Waals surface area (Å²) < 4.78 is 17.5. The number of carbonyl (C=O) groups is 2. The molecule has 0 aromatic heterocycles. The average Bonchev–Trinajstić information content (AvgIpc) is 3.32. The van der Waals surface area contributed by atoms with E-state index in [0.29, 0.717) is 32.0 Å². The van der Waals surface area contributed by atoms with E-state index in [4.69, 9.17) is 14.2 Å². The number of ether oxygens (including phenoxy) is 3. The van der Waals surface area contributed by atoms with E-state index in [0.717, 1.165) is 43.2 Å². The molecule has 28 heavy (non-hydrogen) atoms. The lowest BCUT2D eigenvalue weighted by Crippen LogP contribution is -2.48. The molecule has 0 amide bonds. The fraction of sp³-hybridized carbons (Fsp3) is 0.652. The molecule has 1 aliphatic carbocycles. The van der Waals surface area contributed by atoms with Crippen molar-refractivity contribution in [1.82, 2.24) is 0 Å². The third-order valence-corrected chi connectivity index (χ3v) is 6.71. The Morgan fingerprint density at radius 1 is 1.11 bits per heavy atom. The zero-order valence-corrected chi connectivity index (χ0v) is 16.9. The highest BCUT2D eigenvalue weighted by Crippen LogP contribution is 2.44. The summed E-state index contributed by atoms with van der Waals surface area (Å²) in [6.07, 6.45) is 6.21. The van der Waals surface area contributed by atoms with Crippen LogP contribution in [0.4, 0.5) is 0 Å². The molecule has 5 nitrogen and oxygen atoms in total. The van der Waals surface area contributed by atoms with Gasteiger partial charge in [0, 0.05) is 12.0 Å². The van der Waals surface area contributed by atoms with E-state index in [1.165, 1.54) is 5.56 Å². The van der Waals surface area contributed by atoms with Gasteiger partial charge in [0.1, 0.15) is 17.8 Å². The number of aryl methyl sites for hydroxylation is 2. The molecule has 1 unspecified atom stereocenters. The Balaban J connectivity index is 1.52. The molecule has 1 atom stereocenters. The van der Waals surface area contributed by atoms with Crippen molar-refractivity contribution < 1.29 is 23.8 Å². The second-order valence-electron chi connectivity index (χ2n) is 8.70. The lowest BCUT2D eigenvalue weighted by atomic mass is 9.76. The van der Waals surface area contributed by atoms with E-state index in [-0.39, 0.29) is 18.2 Å². The summed E-state index contributed by atoms with van der Waals surface area (Å²) in [5, 5.41) is 0. The Morgan fingerprint density at radius 2 is 1.82 bits per heavy atom. The van der Waals surface area contributed by atoms with Gasteiger partial charge in [-0.2, -0.15) is 0 Å². The first kappa shape index (κ1) is 19.6. The van der Waals surface area contributed by atoms with Gasteiger partial charge in [-0.1, -0.05) is 31.0 Å². The normalized spacial score (nSPS) is 27.9. The number of rotatable bonds is 5. The summed E-state index contributed by atoms with van der Waals surface area (Å²) in [6.45, 7) is 5.26. The van der Waals surface area contributed by atoms with Crippen LogP contribution >= 0.6 is 0 Å². The second-order valence-corrected chi connectivity index (χ2v) is 8.70. The summed E-state index contributed by atoms with van der Waals surface area (Å²) in [6, 6.07) is 6.35. The van der Waals surface area contributed by atoms with Crippen LogP contribution in [0.15, 0.2) is 18.2 Å². The highest BCUT2D eigenvalue weighted by Gasteiger charge is 2.47. The van der Waals surface area contributed by atoms with Crippen LogP contribution in [0.5, 0.6) is 0 Å². The van der Waals surface area contributed by atoms with Gasteiger partial charge in [0.25, 0.3) is 0 Å². The number of hydrogen-bond donors (Lipinski definition) is 0. The molecule has 2 aliphatic heterocycles. The van der Waals surface area contributed by atoms with Gasteiger partial charge in [-0.05, 0) is 56.6 Å². The van der Waals surface area contributed by atoms with Crippen molar-refractivity contribution in [2.75, 3.05) is 13.2 Å². The van der Waals surface area contributed by atoms with Gasteiger partial charge in [-0.3, -0.25) is 9.59 Å². The van der Waals surface area contributed by atoms with Crippen LogP contribution in [0, 0.1) is 12.8 Å². The van der Waals surface area contributed by atoms with E-state index >= 15 is 0 Å². The maximum Gasteiger partial charge on any atom is 0.313 e. The van der Waals surface area contributed by atoms with E-state index in [1.54, 1.807) is 0 Å². The zero-order valence-electron chi connectivity index (χ0n) is 16.9. The molecule has 0 radical (unpaired) electrons. The zero-order chi connectivity index (χ0) is 19.8. The van der Waals surface area contributed by atoms with Crippen molar-refractivity contribution in [1.29, 1.82) is 0 Å². The van der Waals surface area contributed by atoms with E-state index in [1.807, 2.05) is 6.92 Å². The van der Waals surface area contributed by atoms with Crippen LogP contribution in [0.3, 0.4) is 0 Å². The molecule has 1 aromatic rings. The molecule has 5 heteroatoms. The number of ketones is 1. The maximum absolute atomic E-state index is 12.2. The molecular formula is C23H30O5. The summed E-state index contributed by atoms with van der Waals surface area (Å²) in [5.74, 6) is -0.685. The highest BCUT2D eigenvalue weighted by molar-refractivity contribution is 5.98. The van der Waals surface area contributed by atoms with Crippen molar-refractivity contribution in [3.8, 4) is 0 Å². The molecule has 4 rings (SSSR count). The summed E-state index contributed by atoms with van der Waals surface area (Å²) in [5.41, 5.74) is 2.76. The Kier molecular flexibility index (Phi) is 5.32. The third-order valence-electron chi connectivity index (χ3n) is 6.71. The minimum Gasteiger partial charge on any atom is -0.458 e. The molecule has 0 spiro atoms. The second kappa shape index (κ2) is 7.60. The number of esters is 1. The minimum atomic E-state index is -0.668. The third kappa shape index (κ3) is 3.74. The lowest BCUT2D eigenvalue weighted by molar-refractivity contribution is -0.178. The van der Waals surface area contributed by atoms with Crippen molar-refractivity contribution >= 4 is 11.8 Å². The van der Waals surface area contributed by atoms with Crippen LogP contribution in [0.25, 0.3) is 0 Å². The molecule has 0 N–H and O–H groups in total. The molecular weight excluding hydrogens is 356 g/mol. The number of Topliss-reactive ketones (excluding diaryl/α,β-unsaturated/α-hetero) is 1. The maximum atomic E-state index is 12.2. The van der Waals surface area contributed by atoms with E-state index in [9.17, 15) is 9.59 Å². The van der Waals surface area contributed by atoms with Crippen molar-refractivity contribution in [2.45, 2.75) is 76.6 Å². The van der Waals surface area contributed by atoms with E-state index in [2.05, 4.69) is 25.1 Å². The monoisotopic (exact) mass is 386 g/mol. The molecule has 1 saturated carbocycles. The summed E-state index contributed by atoms with van der Waals surface area (Å²) in [7, 11) is 0. The Hall–Kier alpha value is -1.72. The Labute approximate surface area is 166 Å². The predicted molar refractivity (Wildman–Crippen MR) is 104 cm³/mol. The van der Waals surface area contributed by atoms with Crippen LogP contribution < -0.4 is 0 Å². The molecule has 0 bridgehead atoms. The Morgan fingerprint density at radius 3 is 2.46 bits per heavy atom. The largest absolute Gasteiger partial charge is 0.458 e. The lowest BCUT2D eigenvalue weighted by Gasteiger charge is -2.41. The van der Waals surface area contributed by atoms with Gasteiger partial charge >= 0.3 is 5.97 Å². The smallest absolute Gasteiger partial charge is 0.313 e. The van der Waals surface area contributed by atoms with Gasteiger partial charge in [-0.25, -0.2) is 0 Å². The van der Waals surface area contributed by atoms with Crippen LogP contribution in [0.1, 0.15) is 68.6 Å². The summed E-state index contributed by atoms with van der Waals surface area (Å²) >= 11 is 0. The molecule has 2 heterocycles. The average molecular weight is 386 g/mol. The van der Waals surface area contributed by atoms with Gasteiger partial charge < -0.3 is 14.2 Å². The van der Waals surface area contributed by atoms with Gasteiger partial charge in [0.2, 0.25) is 0 Å².